The number of carbonyl (C=O) groups is 1. The third kappa shape index (κ3) is 5.04. The van der Waals surface area contributed by atoms with Crippen LogP contribution >= 0.6 is 11.6 Å². The normalized spacial score (nSPS) is 12.2. The molecule has 0 saturated carbocycles. The van der Waals surface area contributed by atoms with E-state index in [9.17, 15) is 4.79 Å². The van der Waals surface area contributed by atoms with Crippen molar-refractivity contribution < 1.29 is 9.53 Å². The van der Waals surface area contributed by atoms with Crippen molar-refractivity contribution in [1.29, 1.82) is 0 Å². The van der Waals surface area contributed by atoms with Crippen molar-refractivity contribution in [2.45, 2.75) is 18.9 Å². The minimum absolute atomic E-state index is 0.00970. The van der Waals surface area contributed by atoms with Gasteiger partial charge in [-0.2, -0.15) is 0 Å². The second-order valence-corrected chi connectivity index (χ2v) is 4.41. The van der Waals surface area contributed by atoms with Gasteiger partial charge in [0.1, 0.15) is 0 Å². The zero-order valence-corrected chi connectivity index (χ0v) is 11.2. The summed E-state index contributed by atoms with van der Waals surface area (Å²) in [6, 6.07) is 7.42. The van der Waals surface area contributed by atoms with Crippen LogP contribution in [0.25, 0.3) is 0 Å². The zero-order chi connectivity index (χ0) is 13.4. The van der Waals surface area contributed by atoms with E-state index in [2.05, 4.69) is 5.32 Å². The molecule has 0 aliphatic heterocycles. The molecule has 100 valence electrons. The lowest BCUT2D eigenvalue weighted by Gasteiger charge is -2.16. The number of amides is 1. The number of nitrogens with two attached hydrogens (primary N) is 1. The summed E-state index contributed by atoms with van der Waals surface area (Å²) in [6.45, 7) is 0.954. The zero-order valence-electron chi connectivity index (χ0n) is 10.5. The first-order valence-electron chi connectivity index (χ1n) is 5.92. The molecule has 0 heterocycles. The summed E-state index contributed by atoms with van der Waals surface area (Å²) in [7, 11) is 1.61. The molecule has 3 N–H and O–H groups in total. The number of carbonyl (C=O) groups excluding carboxylic acids is 1. The Morgan fingerprint density at radius 3 is 2.94 bits per heavy atom. The molecule has 0 aliphatic carbocycles. The number of halogens is 1. The Morgan fingerprint density at radius 2 is 2.33 bits per heavy atom. The van der Waals surface area contributed by atoms with Gasteiger partial charge in [0.25, 0.3) is 0 Å². The molecule has 5 heteroatoms. The van der Waals surface area contributed by atoms with Crippen LogP contribution in [0.3, 0.4) is 0 Å². The number of methoxy groups -OCH3 is 1. The highest BCUT2D eigenvalue weighted by atomic mass is 35.5. The van der Waals surface area contributed by atoms with Crippen LogP contribution in [-0.2, 0) is 9.53 Å². The van der Waals surface area contributed by atoms with Gasteiger partial charge in [-0.25, -0.2) is 0 Å². The lowest BCUT2D eigenvalue weighted by Crippen LogP contribution is -2.29. The average molecular weight is 271 g/mol. The lowest BCUT2D eigenvalue weighted by atomic mass is 10.1. The Balaban J connectivity index is 2.50. The van der Waals surface area contributed by atoms with E-state index < -0.39 is 0 Å². The van der Waals surface area contributed by atoms with Crippen molar-refractivity contribution in [2.24, 2.45) is 5.73 Å². The molecular formula is C13H19ClN2O2. The number of ether oxygens (including phenoxy) is 1. The molecule has 0 bridgehead atoms. The molecule has 1 aromatic rings. The molecule has 4 nitrogen and oxygen atoms in total. The second-order valence-electron chi connectivity index (χ2n) is 3.98. The maximum absolute atomic E-state index is 11.5. The first-order chi connectivity index (χ1) is 8.67. The van der Waals surface area contributed by atoms with E-state index in [1.807, 2.05) is 18.2 Å². The van der Waals surface area contributed by atoms with Gasteiger partial charge >= 0.3 is 0 Å². The van der Waals surface area contributed by atoms with Gasteiger partial charge in [-0.3, -0.25) is 4.79 Å². The van der Waals surface area contributed by atoms with Crippen molar-refractivity contribution in [1.82, 2.24) is 5.32 Å². The first kappa shape index (κ1) is 15.0. The number of nitrogens with one attached hydrogen (secondary N) is 1. The quantitative estimate of drug-likeness (QED) is 0.795. The standard InChI is InChI=1S/C13H19ClN2O2/c1-18-12(9-16-13(17)6-3-7-15)10-4-2-5-11(14)8-10/h2,4-5,8,12H,3,6-7,9,15H2,1H3,(H,16,17). The molecule has 0 spiro atoms. The fourth-order valence-corrected chi connectivity index (χ4v) is 1.80. The van der Waals surface area contributed by atoms with Gasteiger partial charge in [0, 0.05) is 25.1 Å². The first-order valence-corrected chi connectivity index (χ1v) is 6.30. The molecule has 0 aliphatic rings. The van der Waals surface area contributed by atoms with E-state index in [1.165, 1.54) is 0 Å². The summed E-state index contributed by atoms with van der Waals surface area (Å²) in [5, 5.41) is 3.48. The van der Waals surface area contributed by atoms with Gasteiger partial charge in [0.15, 0.2) is 0 Å². The summed E-state index contributed by atoms with van der Waals surface area (Å²) in [4.78, 5) is 11.5. The summed E-state index contributed by atoms with van der Waals surface area (Å²) < 4.78 is 5.35. The van der Waals surface area contributed by atoms with E-state index in [0.717, 1.165) is 5.56 Å². The molecule has 0 fully saturated rings. The van der Waals surface area contributed by atoms with Gasteiger partial charge in [-0.15, -0.1) is 0 Å². The fourth-order valence-electron chi connectivity index (χ4n) is 1.60. The molecule has 0 aromatic heterocycles. The van der Waals surface area contributed by atoms with Crippen LogP contribution in [0.4, 0.5) is 0 Å². The van der Waals surface area contributed by atoms with E-state index in [-0.39, 0.29) is 12.0 Å². The molecule has 0 saturated heterocycles. The van der Waals surface area contributed by atoms with Crippen molar-refractivity contribution in [3.63, 3.8) is 0 Å². The van der Waals surface area contributed by atoms with Gasteiger partial charge in [-0.1, -0.05) is 23.7 Å². The predicted octanol–water partition coefficient (Wildman–Crippen LogP) is 1.88. The van der Waals surface area contributed by atoms with Gasteiger partial charge < -0.3 is 15.8 Å². The molecular weight excluding hydrogens is 252 g/mol. The van der Waals surface area contributed by atoms with Crippen LogP contribution < -0.4 is 11.1 Å². The Bertz CT molecular complexity index is 385. The fraction of sp³-hybridized carbons (Fsp3) is 0.462. The summed E-state index contributed by atoms with van der Waals surface area (Å²) in [5.41, 5.74) is 6.30. The van der Waals surface area contributed by atoms with Crippen molar-refractivity contribution in [3.8, 4) is 0 Å². The van der Waals surface area contributed by atoms with Crippen LogP contribution in [0.1, 0.15) is 24.5 Å². The third-order valence-electron chi connectivity index (χ3n) is 2.60. The lowest BCUT2D eigenvalue weighted by molar-refractivity contribution is -0.121. The maximum atomic E-state index is 11.5. The largest absolute Gasteiger partial charge is 0.375 e. The van der Waals surface area contributed by atoms with Gasteiger partial charge in [0.2, 0.25) is 5.91 Å². The van der Waals surface area contributed by atoms with Crippen molar-refractivity contribution in [2.75, 3.05) is 20.2 Å². The molecule has 1 amide bonds. The Kier molecular flexibility index (Phi) is 6.72. The summed E-state index contributed by atoms with van der Waals surface area (Å²) >= 11 is 5.92. The monoisotopic (exact) mass is 270 g/mol. The molecule has 0 radical (unpaired) electrons. The SMILES string of the molecule is COC(CNC(=O)CCCN)c1cccc(Cl)c1. The van der Waals surface area contributed by atoms with Crippen LogP contribution in [0.15, 0.2) is 24.3 Å². The van der Waals surface area contributed by atoms with E-state index in [0.29, 0.717) is 31.0 Å². The summed E-state index contributed by atoms with van der Waals surface area (Å²) in [5.74, 6) is -0.00970. The van der Waals surface area contributed by atoms with E-state index in [4.69, 9.17) is 22.1 Å². The molecule has 1 atom stereocenters. The molecule has 1 aromatic carbocycles. The summed E-state index contributed by atoms with van der Waals surface area (Å²) in [6.07, 6.45) is 0.953. The predicted molar refractivity (Wildman–Crippen MR) is 72.5 cm³/mol. The minimum atomic E-state index is -0.189. The topological polar surface area (TPSA) is 64.3 Å². The van der Waals surface area contributed by atoms with Crippen molar-refractivity contribution >= 4 is 17.5 Å². The number of hydrogen-bond acceptors (Lipinski definition) is 3. The highest BCUT2D eigenvalue weighted by Crippen LogP contribution is 2.19. The van der Waals surface area contributed by atoms with Gasteiger partial charge in [-0.05, 0) is 30.7 Å². The highest BCUT2D eigenvalue weighted by molar-refractivity contribution is 6.30. The van der Waals surface area contributed by atoms with E-state index >= 15 is 0 Å². The molecule has 18 heavy (non-hydrogen) atoms. The number of rotatable bonds is 7. The second kappa shape index (κ2) is 8.08. The smallest absolute Gasteiger partial charge is 0.220 e. The maximum Gasteiger partial charge on any atom is 0.220 e. The van der Waals surface area contributed by atoms with Gasteiger partial charge in [0.05, 0.1) is 6.10 Å². The van der Waals surface area contributed by atoms with Crippen LogP contribution in [0.5, 0.6) is 0 Å². The number of benzene rings is 1. The third-order valence-corrected chi connectivity index (χ3v) is 2.83. The Morgan fingerprint density at radius 1 is 1.56 bits per heavy atom. The van der Waals surface area contributed by atoms with Crippen LogP contribution in [0.2, 0.25) is 5.02 Å². The van der Waals surface area contributed by atoms with Crippen LogP contribution in [-0.4, -0.2) is 26.1 Å². The van der Waals surface area contributed by atoms with Crippen LogP contribution in [0, 0.1) is 0 Å². The van der Waals surface area contributed by atoms with Crippen molar-refractivity contribution in [3.05, 3.63) is 34.9 Å². The molecule has 1 rings (SSSR count). The van der Waals surface area contributed by atoms with E-state index in [1.54, 1.807) is 13.2 Å². The Labute approximate surface area is 112 Å². The highest BCUT2D eigenvalue weighted by Gasteiger charge is 2.12. The Hall–Kier alpha value is -1.10. The molecule has 1 unspecified atom stereocenters. The average Bonchev–Trinajstić information content (AvgIpc) is 2.37. The number of hydrogen-bond donors (Lipinski definition) is 2. The minimum Gasteiger partial charge on any atom is -0.375 e.